The highest BCUT2D eigenvalue weighted by atomic mass is 32.2. The number of carbonyl (C=O) groups excluding carboxylic acids is 1. The Kier molecular flexibility index (Phi) is 4.04. The van der Waals surface area contributed by atoms with Gasteiger partial charge in [0, 0.05) is 17.6 Å². The molecule has 1 aromatic rings. The molecule has 5 aliphatic rings. The van der Waals surface area contributed by atoms with Gasteiger partial charge in [-0.05, 0) is 93.4 Å². The summed E-state index contributed by atoms with van der Waals surface area (Å²) in [6, 6.07) is 7.10. The molecule has 4 saturated carbocycles. The van der Waals surface area contributed by atoms with Crippen molar-refractivity contribution in [2.24, 2.45) is 17.8 Å². The summed E-state index contributed by atoms with van der Waals surface area (Å²) in [4.78, 5) is 12.9. The monoisotopic (exact) mass is 388 g/mol. The second-order valence-corrected chi connectivity index (χ2v) is 11.3. The Morgan fingerprint density at radius 2 is 1.56 bits per heavy atom. The SMILES string of the molecule is O=C(NC12CC3CC(CC(C3)C1)C2)c1ccc(N2CCCCS2(=O)=O)cc1. The number of hydrogen-bond donors (Lipinski definition) is 1. The van der Waals surface area contributed by atoms with Crippen LogP contribution in [0.25, 0.3) is 0 Å². The van der Waals surface area contributed by atoms with Gasteiger partial charge in [-0.15, -0.1) is 0 Å². The summed E-state index contributed by atoms with van der Waals surface area (Å²) in [5.41, 5.74) is 1.30. The standard InChI is InChI=1S/C21H28N2O3S/c24-20(22-21-12-15-9-16(13-21)11-17(10-15)14-21)18-3-5-19(6-4-18)23-7-1-2-8-27(23,25)26/h3-6,15-17H,1-2,7-14H2,(H,22,24). The van der Waals surface area contributed by atoms with Crippen molar-refractivity contribution in [2.45, 2.75) is 56.9 Å². The molecule has 1 heterocycles. The van der Waals surface area contributed by atoms with Crippen molar-refractivity contribution < 1.29 is 13.2 Å². The van der Waals surface area contributed by atoms with Gasteiger partial charge in [-0.3, -0.25) is 9.10 Å². The van der Waals surface area contributed by atoms with E-state index in [9.17, 15) is 13.2 Å². The zero-order valence-electron chi connectivity index (χ0n) is 15.7. The van der Waals surface area contributed by atoms with Crippen LogP contribution in [0, 0.1) is 17.8 Å². The number of sulfonamides is 1. The molecule has 1 saturated heterocycles. The highest BCUT2D eigenvalue weighted by molar-refractivity contribution is 7.92. The van der Waals surface area contributed by atoms with E-state index in [2.05, 4.69) is 5.32 Å². The predicted octanol–water partition coefficient (Wildman–Crippen LogP) is 3.32. The summed E-state index contributed by atoms with van der Waals surface area (Å²) in [5, 5.41) is 3.39. The molecule has 1 aromatic carbocycles. The van der Waals surface area contributed by atoms with Crippen LogP contribution in [0.1, 0.15) is 61.7 Å². The zero-order chi connectivity index (χ0) is 18.6. The van der Waals surface area contributed by atoms with Crippen molar-refractivity contribution in [1.82, 2.24) is 5.32 Å². The lowest BCUT2D eigenvalue weighted by atomic mass is 9.53. The molecule has 1 amide bonds. The zero-order valence-corrected chi connectivity index (χ0v) is 16.5. The van der Waals surface area contributed by atoms with E-state index in [1.54, 1.807) is 24.3 Å². The molecule has 4 aliphatic carbocycles. The number of benzene rings is 1. The van der Waals surface area contributed by atoms with Gasteiger partial charge in [0.2, 0.25) is 10.0 Å². The molecule has 1 N–H and O–H groups in total. The van der Waals surface area contributed by atoms with E-state index < -0.39 is 10.0 Å². The molecule has 5 nitrogen and oxygen atoms in total. The predicted molar refractivity (Wildman–Crippen MR) is 105 cm³/mol. The average molecular weight is 389 g/mol. The van der Waals surface area contributed by atoms with Crippen molar-refractivity contribution in [1.29, 1.82) is 0 Å². The average Bonchev–Trinajstić information content (AvgIpc) is 2.60. The minimum atomic E-state index is -3.21. The van der Waals surface area contributed by atoms with Crippen molar-refractivity contribution in [2.75, 3.05) is 16.6 Å². The Labute approximate surface area is 161 Å². The van der Waals surface area contributed by atoms with Gasteiger partial charge in [0.1, 0.15) is 0 Å². The van der Waals surface area contributed by atoms with Crippen LogP contribution in [-0.2, 0) is 10.0 Å². The fourth-order valence-corrected chi connectivity index (χ4v) is 8.07. The van der Waals surface area contributed by atoms with Gasteiger partial charge in [0.15, 0.2) is 0 Å². The van der Waals surface area contributed by atoms with Crippen LogP contribution in [0.4, 0.5) is 5.69 Å². The Morgan fingerprint density at radius 3 is 2.11 bits per heavy atom. The van der Waals surface area contributed by atoms with Crippen molar-refractivity contribution >= 4 is 21.6 Å². The second kappa shape index (κ2) is 6.23. The highest BCUT2D eigenvalue weighted by Crippen LogP contribution is 2.55. The molecule has 6 rings (SSSR count). The summed E-state index contributed by atoms with van der Waals surface area (Å²) in [5.74, 6) is 2.58. The van der Waals surface area contributed by atoms with Crippen molar-refractivity contribution in [3.63, 3.8) is 0 Å². The van der Waals surface area contributed by atoms with Crippen molar-refractivity contribution in [3.05, 3.63) is 29.8 Å². The molecule has 0 unspecified atom stereocenters. The molecular formula is C21H28N2O3S. The Bertz CT molecular complexity index is 811. The Morgan fingerprint density at radius 1 is 0.963 bits per heavy atom. The van der Waals surface area contributed by atoms with E-state index in [-0.39, 0.29) is 17.2 Å². The molecule has 6 heteroatoms. The number of amides is 1. The third kappa shape index (κ3) is 3.16. The van der Waals surface area contributed by atoms with E-state index in [4.69, 9.17) is 0 Å². The van der Waals surface area contributed by atoms with Gasteiger partial charge in [0.25, 0.3) is 5.91 Å². The minimum Gasteiger partial charge on any atom is -0.347 e. The maximum Gasteiger partial charge on any atom is 0.251 e. The van der Waals surface area contributed by atoms with Crippen LogP contribution in [0.2, 0.25) is 0 Å². The van der Waals surface area contributed by atoms with Crippen molar-refractivity contribution in [3.8, 4) is 0 Å². The van der Waals surface area contributed by atoms with Gasteiger partial charge in [0.05, 0.1) is 11.4 Å². The van der Waals surface area contributed by atoms with Gasteiger partial charge in [-0.25, -0.2) is 8.42 Å². The lowest BCUT2D eigenvalue weighted by Gasteiger charge is -2.56. The first-order chi connectivity index (χ1) is 12.9. The first kappa shape index (κ1) is 17.5. The number of nitrogens with zero attached hydrogens (tertiary/aromatic N) is 1. The second-order valence-electron chi connectivity index (χ2n) is 9.29. The molecule has 1 aliphatic heterocycles. The van der Waals surface area contributed by atoms with Gasteiger partial charge in [-0.1, -0.05) is 0 Å². The third-order valence-corrected chi connectivity index (χ3v) is 9.05. The van der Waals surface area contributed by atoms with Gasteiger partial charge < -0.3 is 5.32 Å². The normalized spacial score (nSPS) is 36.6. The van der Waals surface area contributed by atoms with Gasteiger partial charge >= 0.3 is 0 Å². The molecule has 0 atom stereocenters. The molecule has 27 heavy (non-hydrogen) atoms. The molecule has 5 fully saturated rings. The number of anilines is 1. The summed E-state index contributed by atoms with van der Waals surface area (Å²) < 4.78 is 26.0. The summed E-state index contributed by atoms with van der Waals surface area (Å²) in [7, 11) is -3.21. The topological polar surface area (TPSA) is 66.5 Å². The molecule has 4 bridgehead atoms. The van der Waals surface area contributed by atoms with Crippen LogP contribution in [0.15, 0.2) is 24.3 Å². The molecule has 0 radical (unpaired) electrons. The summed E-state index contributed by atoms with van der Waals surface area (Å²) in [6.45, 7) is 0.529. The first-order valence-corrected chi connectivity index (χ1v) is 12.0. The van der Waals surface area contributed by atoms with E-state index in [1.807, 2.05) is 0 Å². The van der Waals surface area contributed by atoms with Crippen LogP contribution in [0.3, 0.4) is 0 Å². The fraction of sp³-hybridized carbons (Fsp3) is 0.667. The third-order valence-electron chi connectivity index (χ3n) is 7.18. The quantitative estimate of drug-likeness (QED) is 0.864. The summed E-state index contributed by atoms with van der Waals surface area (Å²) >= 11 is 0. The van der Waals surface area contributed by atoms with Crippen LogP contribution in [-0.4, -0.2) is 32.2 Å². The lowest BCUT2D eigenvalue weighted by Crippen LogP contribution is -2.59. The lowest BCUT2D eigenvalue weighted by molar-refractivity contribution is -0.0167. The van der Waals surface area contributed by atoms with E-state index >= 15 is 0 Å². The van der Waals surface area contributed by atoms with E-state index in [0.717, 1.165) is 49.9 Å². The molecular weight excluding hydrogens is 360 g/mol. The Hall–Kier alpha value is -1.56. The number of carbonyl (C=O) groups is 1. The molecule has 146 valence electrons. The maximum atomic E-state index is 12.9. The van der Waals surface area contributed by atoms with Crippen LogP contribution in [0.5, 0.6) is 0 Å². The minimum absolute atomic E-state index is 0.000708. The number of rotatable bonds is 3. The molecule has 0 spiro atoms. The highest BCUT2D eigenvalue weighted by Gasteiger charge is 2.51. The number of hydrogen-bond acceptors (Lipinski definition) is 3. The number of nitrogens with one attached hydrogen (secondary N) is 1. The van der Waals surface area contributed by atoms with E-state index in [1.165, 1.54) is 23.6 Å². The summed E-state index contributed by atoms with van der Waals surface area (Å²) in [6.07, 6.45) is 9.08. The maximum absolute atomic E-state index is 12.9. The van der Waals surface area contributed by atoms with Crippen LogP contribution >= 0.6 is 0 Å². The largest absolute Gasteiger partial charge is 0.347 e. The molecule has 0 aromatic heterocycles. The van der Waals surface area contributed by atoms with E-state index in [0.29, 0.717) is 17.8 Å². The smallest absolute Gasteiger partial charge is 0.251 e. The van der Waals surface area contributed by atoms with Crippen LogP contribution < -0.4 is 9.62 Å². The first-order valence-electron chi connectivity index (χ1n) is 10.4. The Balaban J connectivity index is 1.31. The fourth-order valence-electron chi connectivity index (χ4n) is 6.43. The van der Waals surface area contributed by atoms with Gasteiger partial charge in [-0.2, -0.15) is 0 Å².